The van der Waals surface area contributed by atoms with Gasteiger partial charge in [0.15, 0.2) is 17.3 Å². The Labute approximate surface area is 220 Å². The molecule has 1 aromatic carbocycles. The molecule has 2 aliphatic rings. The molecule has 0 radical (unpaired) electrons. The maximum Gasteiger partial charge on any atom is 0.248 e. The van der Waals surface area contributed by atoms with E-state index in [9.17, 15) is 0 Å². The molecule has 6 rings (SSSR count). The lowest BCUT2D eigenvalue weighted by atomic mass is 10.0. The number of likely N-dealkylation sites (tertiary alicyclic amines) is 1. The van der Waals surface area contributed by atoms with Gasteiger partial charge in [-0.15, -0.1) is 5.10 Å². The van der Waals surface area contributed by atoms with Crippen LogP contribution in [0.4, 0.5) is 23.4 Å². The minimum Gasteiger partial charge on any atom is -0.493 e. The molecule has 12 nitrogen and oxygen atoms in total. The molecule has 0 spiro atoms. The van der Waals surface area contributed by atoms with E-state index >= 15 is 0 Å². The maximum absolute atomic E-state index is 6.23. The summed E-state index contributed by atoms with van der Waals surface area (Å²) in [4.78, 5) is 22.9. The van der Waals surface area contributed by atoms with Crippen LogP contribution in [-0.4, -0.2) is 81.1 Å². The van der Waals surface area contributed by atoms with Gasteiger partial charge in [0.05, 0.1) is 31.6 Å². The van der Waals surface area contributed by atoms with Gasteiger partial charge in [0.2, 0.25) is 11.9 Å². The summed E-state index contributed by atoms with van der Waals surface area (Å²) in [5, 5.41) is 8.45. The predicted molar refractivity (Wildman–Crippen MR) is 146 cm³/mol. The van der Waals surface area contributed by atoms with Crippen LogP contribution < -0.4 is 25.4 Å². The van der Waals surface area contributed by atoms with Crippen molar-refractivity contribution in [2.75, 3.05) is 56.3 Å². The van der Waals surface area contributed by atoms with E-state index in [1.54, 1.807) is 32.5 Å². The quantitative estimate of drug-likeness (QED) is 0.376. The molecule has 198 valence electrons. The summed E-state index contributed by atoms with van der Waals surface area (Å²) in [5.41, 5.74) is 7.67. The van der Waals surface area contributed by atoms with Gasteiger partial charge in [0, 0.05) is 30.6 Å². The molecule has 4 aromatic rings. The number of rotatable bonds is 7. The van der Waals surface area contributed by atoms with Crippen molar-refractivity contribution in [3.8, 4) is 17.3 Å². The third kappa shape index (κ3) is 4.62. The summed E-state index contributed by atoms with van der Waals surface area (Å²) in [5.74, 6) is 3.14. The monoisotopic (exact) mass is 516 g/mol. The zero-order chi connectivity index (χ0) is 26.1. The predicted octanol–water partition coefficient (Wildman–Crippen LogP) is 3.01. The molecule has 0 aliphatic carbocycles. The van der Waals surface area contributed by atoms with Gasteiger partial charge in [0.25, 0.3) is 0 Å². The molecule has 0 bridgehead atoms. The first kappa shape index (κ1) is 24.2. The summed E-state index contributed by atoms with van der Waals surface area (Å²) in [6.45, 7) is 4.59. The molecule has 2 fully saturated rings. The molecule has 0 saturated carbocycles. The van der Waals surface area contributed by atoms with E-state index in [-0.39, 0.29) is 5.95 Å². The fourth-order valence-corrected chi connectivity index (χ4v) is 5.41. The molecule has 0 atom stereocenters. The fraction of sp³-hybridized carbons (Fsp3) is 0.423. The van der Waals surface area contributed by atoms with Gasteiger partial charge in [-0.05, 0) is 57.0 Å². The van der Waals surface area contributed by atoms with Crippen molar-refractivity contribution in [3.63, 3.8) is 0 Å². The number of pyridine rings is 1. The number of nitrogens with one attached hydrogen (secondary N) is 1. The number of anilines is 4. The minimum absolute atomic E-state index is 0.188. The first-order valence-corrected chi connectivity index (χ1v) is 12.9. The number of nitrogens with two attached hydrogens (primary N) is 1. The van der Waals surface area contributed by atoms with E-state index < -0.39 is 0 Å². The van der Waals surface area contributed by atoms with Crippen LogP contribution in [0.5, 0.6) is 11.5 Å². The zero-order valence-electron chi connectivity index (χ0n) is 21.7. The molecule has 2 aliphatic heterocycles. The minimum atomic E-state index is 0.188. The van der Waals surface area contributed by atoms with Crippen molar-refractivity contribution >= 4 is 34.3 Å². The second-order valence-electron chi connectivity index (χ2n) is 9.62. The highest BCUT2D eigenvalue weighted by Gasteiger charge is 2.26. The summed E-state index contributed by atoms with van der Waals surface area (Å²) in [6.07, 6.45) is 8.32. The number of fused-ring (bicyclic) bond motifs is 1. The van der Waals surface area contributed by atoms with E-state index in [4.69, 9.17) is 20.2 Å². The Morgan fingerprint density at radius 1 is 0.947 bits per heavy atom. The zero-order valence-corrected chi connectivity index (χ0v) is 21.7. The number of aromatic nitrogens is 6. The van der Waals surface area contributed by atoms with Crippen LogP contribution in [0.3, 0.4) is 0 Å². The van der Waals surface area contributed by atoms with Crippen molar-refractivity contribution in [1.29, 1.82) is 0 Å². The molecule has 12 heteroatoms. The van der Waals surface area contributed by atoms with Gasteiger partial charge < -0.3 is 30.3 Å². The maximum atomic E-state index is 6.23. The standard InChI is InChI=1S/C26H32N10O2/c1-37-21-13-19-20(14-22(21)38-2)29-16-30-24(19)36-25(27)32-26(33-36)31-17-5-6-23(28-15-17)35-11-7-18(8-12-35)34-9-3-4-10-34/h5-6,13-16,18H,3-4,7-12H2,1-2H3,(H3,27,31,32,33). The van der Waals surface area contributed by atoms with Crippen molar-refractivity contribution in [3.05, 3.63) is 36.8 Å². The van der Waals surface area contributed by atoms with E-state index in [2.05, 4.69) is 35.2 Å². The highest BCUT2D eigenvalue weighted by Crippen LogP contribution is 2.33. The van der Waals surface area contributed by atoms with Crippen molar-refractivity contribution in [2.45, 2.75) is 31.7 Å². The molecule has 3 N–H and O–H groups in total. The topological polar surface area (TPSA) is 132 Å². The van der Waals surface area contributed by atoms with Gasteiger partial charge in [-0.1, -0.05) is 0 Å². The van der Waals surface area contributed by atoms with Gasteiger partial charge in [-0.25, -0.2) is 15.0 Å². The fourth-order valence-electron chi connectivity index (χ4n) is 5.41. The molecule has 3 aromatic heterocycles. The van der Waals surface area contributed by atoms with Gasteiger partial charge in [-0.2, -0.15) is 9.67 Å². The number of hydrogen-bond donors (Lipinski definition) is 2. The third-order valence-corrected chi connectivity index (χ3v) is 7.40. The summed E-state index contributed by atoms with van der Waals surface area (Å²) in [7, 11) is 3.16. The molecular formula is C26H32N10O2. The number of nitrogens with zero attached hydrogens (tertiary/aromatic N) is 8. The van der Waals surface area contributed by atoms with Crippen LogP contribution in [0.25, 0.3) is 16.7 Å². The first-order chi connectivity index (χ1) is 18.6. The Hall–Kier alpha value is -4.19. The molecule has 2 saturated heterocycles. The van der Waals surface area contributed by atoms with Crippen molar-refractivity contribution in [2.24, 2.45) is 0 Å². The largest absolute Gasteiger partial charge is 0.493 e. The van der Waals surface area contributed by atoms with Gasteiger partial charge >= 0.3 is 0 Å². The Kier molecular flexibility index (Phi) is 6.54. The molecule has 38 heavy (non-hydrogen) atoms. The number of methoxy groups -OCH3 is 2. The lowest BCUT2D eigenvalue weighted by molar-refractivity contribution is 0.207. The highest BCUT2D eigenvalue weighted by atomic mass is 16.5. The lowest BCUT2D eigenvalue weighted by Gasteiger charge is -2.37. The van der Waals surface area contributed by atoms with Crippen molar-refractivity contribution in [1.82, 2.24) is 34.6 Å². The number of hydrogen-bond acceptors (Lipinski definition) is 11. The van der Waals surface area contributed by atoms with Crippen LogP contribution in [0.2, 0.25) is 0 Å². The first-order valence-electron chi connectivity index (χ1n) is 12.9. The third-order valence-electron chi connectivity index (χ3n) is 7.40. The summed E-state index contributed by atoms with van der Waals surface area (Å²) >= 11 is 0. The average molecular weight is 517 g/mol. The number of piperidine rings is 1. The summed E-state index contributed by atoms with van der Waals surface area (Å²) < 4.78 is 12.3. The second kappa shape index (κ2) is 10.3. The van der Waals surface area contributed by atoms with Crippen LogP contribution in [0.1, 0.15) is 25.7 Å². The van der Waals surface area contributed by atoms with Crippen molar-refractivity contribution < 1.29 is 9.47 Å². The van der Waals surface area contributed by atoms with E-state index in [1.165, 1.54) is 49.8 Å². The second-order valence-corrected chi connectivity index (χ2v) is 9.62. The van der Waals surface area contributed by atoms with Crippen LogP contribution in [-0.2, 0) is 0 Å². The van der Waals surface area contributed by atoms with Crippen LogP contribution in [0.15, 0.2) is 36.8 Å². The molecule has 0 amide bonds. The molecule has 0 unspecified atom stereocenters. The highest BCUT2D eigenvalue weighted by molar-refractivity contribution is 5.88. The average Bonchev–Trinajstić information content (AvgIpc) is 3.62. The van der Waals surface area contributed by atoms with Gasteiger partial charge in [-0.3, -0.25) is 0 Å². The number of ether oxygens (including phenoxy) is 2. The van der Waals surface area contributed by atoms with Crippen LogP contribution >= 0.6 is 0 Å². The lowest BCUT2D eigenvalue weighted by Crippen LogP contribution is -2.44. The summed E-state index contributed by atoms with van der Waals surface area (Å²) in [6, 6.07) is 8.33. The van der Waals surface area contributed by atoms with Gasteiger partial charge in [0.1, 0.15) is 12.1 Å². The number of benzene rings is 1. The Morgan fingerprint density at radius 2 is 1.71 bits per heavy atom. The van der Waals surface area contributed by atoms with E-state index in [1.807, 2.05) is 12.1 Å². The number of nitrogen functional groups attached to an aromatic ring is 1. The smallest absolute Gasteiger partial charge is 0.248 e. The normalized spacial score (nSPS) is 16.7. The van der Waals surface area contributed by atoms with E-state index in [0.717, 1.165) is 30.6 Å². The van der Waals surface area contributed by atoms with Crippen LogP contribution in [0, 0.1) is 0 Å². The SMILES string of the molecule is COc1cc2ncnc(-n3nc(Nc4ccc(N5CCC(N6CCCC6)CC5)nc4)nc3N)c2cc1OC. The molecular weight excluding hydrogens is 484 g/mol. The van der Waals surface area contributed by atoms with E-state index in [0.29, 0.717) is 34.2 Å². The molecule has 5 heterocycles. The Balaban J connectivity index is 1.17. The Bertz CT molecular complexity index is 1410. The Morgan fingerprint density at radius 3 is 2.42 bits per heavy atom.